The number of carbonyl (C=O) groups excluding carboxylic acids is 1. The zero-order valence-corrected chi connectivity index (χ0v) is 18.2. The van der Waals surface area contributed by atoms with Gasteiger partial charge in [0.05, 0.1) is 25.1 Å². The largest absolute Gasteiger partial charge is 0.496 e. The Balaban J connectivity index is 2.06. The number of para-hydroxylation sites is 1. The van der Waals surface area contributed by atoms with Crippen LogP contribution in [0.5, 0.6) is 11.5 Å². The van der Waals surface area contributed by atoms with Crippen LogP contribution >= 0.6 is 0 Å². The van der Waals surface area contributed by atoms with Crippen LogP contribution in [0.3, 0.4) is 0 Å². The predicted octanol–water partition coefficient (Wildman–Crippen LogP) is 3.13. The Kier molecular flexibility index (Phi) is 7.50. The van der Waals surface area contributed by atoms with E-state index in [1.807, 2.05) is 38.1 Å². The van der Waals surface area contributed by atoms with Crippen LogP contribution in [0.15, 0.2) is 48.5 Å². The highest BCUT2D eigenvalue weighted by Gasteiger charge is 2.22. The van der Waals surface area contributed by atoms with Gasteiger partial charge in [-0.3, -0.25) is 9.10 Å². The molecule has 0 radical (unpaired) electrons. The molecule has 2 rings (SSSR count). The normalized spacial score (nSPS) is 13.3. The van der Waals surface area contributed by atoms with Gasteiger partial charge in [-0.2, -0.15) is 0 Å². The van der Waals surface area contributed by atoms with Gasteiger partial charge in [0, 0.05) is 12.6 Å². The number of hydrogen-bond donors (Lipinski definition) is 1. The summed E-state index contributed by atoms with van der Waals surface area (Å²) in [7, 11) is -0.265. The molecule has 0 bridgehead atoms. The quantitative estimate of drug-likeness (QED) is 0.674. The number of amides is 1. The van der Waals surface area contributed by atoms with E-state index in [4.69, 9.17) is 9.47 Å². The maximum absolute atomic E-state index is 12.7. The molecule has 0 heterocycles. The van der Waals surface area contributed by atoms with Crippen molar-refractivity contribution in [2.24, 2.45) is 0 Å². The molecule has 158 valence electrons. The average Bonchev–Trinajstić information content (AvgIpc) is 2.70. The summed E-state index contributed by atoms with van der Waals surface area (Å²) in [6, 6.07) is 13.8. The molecule has 8 heteroatoms. The van der Waals surface area contributed by atoms with Crippen molar-refractivity contribution in [3.05, 3.63) is 54.1 Å². The predicted molar refractivity (Wildman–Crippen MR) is 114 cm³/mol. The van der Waals surface area contributed by atoms with Crippen molar-refractivity contribution < 1.29 is 22.7 Å². The number of benzene rings is 2. The lowest BCUT2D eigenvalue weighted by Gasteiger charge is -2.22. The molecule has 2 aromatic carbocycles. The zero-order valence-electron chi connectivity index (χ0n) is 17.4. The molecule has 2 aromatic rings. The summed E-state index contributed by atoms with van der Waals surface area (Å²) < 4.78 is 35.6. The van der Waals surface area contributed by atoms with Crippen LogP contribution in [0, 0.1) is 0 Å². The Labute approximate surface area is 172 Å². The number of hydrogen-bond acceptors (Lipinski definition) is 5. The first kappa shape index (κ1) is 22.5. The van der Waals surface area contributed by atoms with E-state index in [2.05, 4.69) is 5.32 Å². The van der Waals surface area contributed by atoms with Crippen LogP contribution in [0.25, 0.3) is 0 Å². The number of nitrogens with one attached hydrogen (secondary N) is 1. The highest BCUT2D eigenvalue weighted by molar-refractivity contribution is 7.92. The van der Waals surface area contributed by atoms with Gasteiger partial charge < -0.3 is 14.8 Å². The smallest absolute Gasteiger partial charge is 0.261 e. The van der Waals surface area contributed by atoms with E-state index in [0.29, 0.717) is 23.6 Å². The van der Waals surface area contributed by atoms with Crippen LogP contribution in [-0.4, -0.2) is 40.8 Å². The summed E-state index contributed by atoms with van der Waals surface area (Å²) in [5, 5.41) is 2.96. The van der Waals surface area contributed by atoms with E-state index in [1.165, 1.54) is 11.4 Å². The number of carbonyl (C=O) groups is 1. The van der Waals surface area contributed by atoms with E-state index in [9.17, 15) is 13.2 Å². The number of sulfonamides is 1. The third-order valence-electron chi connectivity index (χ3n) is 4.60. The van der Waals surface area contributed by atoms with Crippen LogP contribution in [0.4, 0.5) is 5.69 Å². The molecule has 0 unspecified atom stereocenters. The molecule has 29 heavy (non-hydrogen) atoms. The van der Waals surface area contributed by atoms with Crippen molar-refractivity contribution in [2.75, 3.05) is 24.7 Å². The van der Waals surface area contributed by atoms with Gasteiger partial charge in [-0.25, -0.2) is 8.42 Å². The van der Waals surface area contributed by atoms with Gasteiger partial charge in [0.25, 0.3) is 5.91 Å². The Morgan fingerprint density at radius 3 is 2.31 bits per heavy atom. The molecule has 0 aromatic heterocycles. The van der Waals surface area contributed by atoms with Gasteiger partial charge in [0.2, 0.25) is 10.0 Å². The minimum absolute atomic E-state index is 0.233. The summed E-state index contributed by atoms with van der Waals surface area (Å²) in [6.45, 7) is 3.75. The average molecular weight is 421 g/mol. The van der Waals surface area contributed by atoms with Gasteiger partial charge in [0.1, 0.15) is 11.5 Å². The molecule has 2 atom stereocenters. The molecule has 0 aliphatic carbocycles. The highest BCUT2D eigenvalue weighted by Crippen LogP contribution is 2.25. The third kappa shape index (κ3) is 5.87. The number of ether oxygens (including phenoxy) is 2. The van der Waals surface area contributed by atoms with E-state index in [1.54, 1.807) is 31.4 Å². The number of nitrogens with zero attached hydrogens (tertiary/aromatic N) is 1. The van der Waals surface area contributed by atoms with Crippen LogP contribution in [0.2, 0.25) is 0 Å². The first-order valence-corrected chi connectivity index (χ1v) is 11.2. The van der Waals surface area contributed by atoms with Gasteiger partial charge in [-0.05, 0) is 43.7 Å². The van der Waals surface area contributed by atoms with Crippen LogP contribution in [-0.2, 0) is 14.8 Å². The number of anilines is 1. The van der Waals surface area contributed by atoms with Crippen molar-refractivity contribution in [1.29, 1.82) is 0 Å². The van der Waals surface area contributed by atoms with Crippen molar-refractivity contribution in [1.82, 2.24) is 5.32 Å². The topological polar surface area (TPSA) is 84.9 Å². The first-order chi connectivity index (χ1) is 13.7. The van der Waals surface area contributed by atoms with E-state index < -0.39 is 16.1 Å². The van der Waals surface area contributed by atoms with Crippen molar-refractivity contribution >= 4 is 21.6 Å². The van der Waals surface area contributed by atoms with Gasteiger partial charge in [-0.15, -0.1) is 0 Å². The van der Waals surface area contributed by atoms with Crippen molar-refractivity contribution in [3.8, 4) is 11.5 Å². The molecule has 0 saturated carbocycles. The molecule has 1 amide bonds. The summed E-state index contributed by atoms with van der Waals surface area (Å²) in [4.78, 5) is 12.7. The SMILES string of the molecule is CC[C@H](Oc1ccc(N(C)S(C)(=O)=O)cc1)C(=O)N[C@@H](C)c1ccccc1OC. The highest BCUT2D eigenvalue weighted by atomic mass is 32.2. The van der Waals surface area contributed by atoms with Gasteiger partial charge >= 0.3 is 0 Å². The summed E-state index contributed by atoms with van der Waals surface area (Å²) >= 11 is 0. The molecule has 1 N–H and O–H groups in total. The molecular weight excluding hydrogens is 392 g/mol. The molecule has 0 aliphatic heterocycles. The van der Waals surface area contributed by atoms with Gasteiger partial charge in [0.15, 0.2) is 6.10 Å². The first-order valence-electron chi connectivity index (χ1n) is 9.31. The Morgan fingerprint density at radius 2 is 1.76 bits per heavy atom. The Morgan fingerprint density at radius 1 is 1.14 bits per heavy atom. The maximum atomic E-state index is 12.7. The van der Waals surface area contributed by atoms with Crippen molar-refractivity contribution in [2.45, 2.75) is 32.4 Å². The monoisotopic (exact) mass is 420 g/mol. The van der Waals surface area contributed by atoms with E-state index in [0.717, 1.165) is 11.8 Å². The minimum Gasteiger partial charge on any atom is -0.496 e. The summed E-state index contributed by atoms with van der Waals surface area (Å²) in [5.74, 6) is 0.964. The number of rotatable bonds is 9. The summed E-state index contributed by atoms with van der Waals surface area (Å²) in [6.07, 6.45) is 0.943. The second-order valence-corrected chi connectivity index (χ2v) is 8.73. The second-order valence-electron chi connectivity index (χ2n) is 6.71. The molecule has 0 fully saturated rings. The lowest BCUT2D eigenvalue weighted by atomic mass is 10.1. The molecule has 0 saturated heterocycles. The molecule has 7 nitrogen and oxygen atoms in total. The molecule has 0 aliphatic rings. The zero-order chi connectivity index (χ0) is 21.6. The summed E-state index contributed by atoms with van der Waals surface area (Å²) in [5.41, 5.74) is 1.40. The fourth-order valence-corrected chi connectivity index (χ4v) is 3.33. The fourth-order valence-electron chi connectivity index (χ4n) is 2.82. The second kappa shape index (κ2) is 9.65. The van der Waals surface area contributed by atoms with Crippen LogP contribution < -0.4 is 19.1 Å². The van der Waals surface area contributed by atoms with E-state index >= 15 is 0 Å². The Hall–Kier alpha value is -2.74. The molecule has 0 spiro atoms. The van der Waals surface area contributed by atoms with Crippen molar-refractivity contribution in [3.63, 3.8) is 0 Å². The standard InChI is InChI=1S/C21H28N2O5S/c1-6-19(21(24)22-15(2)18-9-7-8-10-20(18)27-4)28-17-13-11-16(12-14-17)23(3)29(5,25)26/h7-15,19H,6H2,1-5H3,(H,22,24)/t15-,19-/m0/s1. The minimum atomic E-state index is -3.34. The van der Waals surface area contributed by atoms with Crippen LogP contribution in [0.1, 0.15) is 31.9 Å². The molecular formula is C21H28N2O5S. The maximum Gasteiger partial charge on any atom is 0.261 e. The van der Waals surface area contributed by atoms with Gasteiger partial charge in [-0.1, -0.05) is 25.1 Å². The Bertz CT molecular complexity index is 928. The lowest BCUT2D eigenvalue weighted by Crippen LogP contribution is -2.39. The van der Waals surface area contributed by atoms with E-state index in [-0.39, 0.29) is 11.9 Å². The third-order valence-corrected chi connectivity index (χ3v) is 5.81. The fraction of sp³-hybridized carbons (Fsp3) is 0.381. The number of methoxy groups -OCH3 is 1. The lowest BCUT2D eigenvalue weighted by molar-refractivity contribution is -0.128.